The van der Waals surface area contributed by atoms with E-state index in [1.165, 1.54) is 0 Å². The van der Waals surface area contributed by atoms with E-state index in [9.17, 15) is 4.79 Å². The summed E-state index contributed by atoms with van der Waals surface area (Å²) >= 11 is 0. The Labute approximate surface area is 65.9 Å². The summed E-state index contributed by atoms with van der Waals surface area (Å²) in [6, 6.07) is 0. The zero-order chi connectivity index (χ0) is 8.06. The molecular weight excluding hydrogens is 140 g/mol. The molecule has 0 saturated heterocycles. The molecule has 1 unspecified atom stereocenters. The lowest BCUT2D eigenvalue weighted by molar-refractivity contribution is -0.147. The topological polar surface area (TPSA) is 37.3 Å². The summed E-state index contributed by atoms with van der Waals surface area (Å²) < 4.78 is 0. The Morgan fingerprint density at radius 2 is 1.91 bits per heavy atom. The molecule has 0 aromatic carbocycles. The van der Waals surface area contributed by atoms with Crippen molar-refractivity contribution in [2.45, 2.75) is 19.8 Å². The molecule has 0 radical (unpaired) electrons. The third-order valence-electron chi connectivity index (χ3n) is 3.04. The van der Waals surface area contributed by atoms with Crippen molar-refractivity contribution in [3.63, 3.8) is 0 Å². The standard InChI is InChI=1S/C9H12O2/c1-9(8(10)11)4-6-2-3-7(6)5-9/h2-3,6-7H,4-5H2,1H3,(H,10,11)/t6-,7+,9?. The fourth-order valence-corrected chi connectivity index (χ4v) is 2.16. The van der Waals surface area contributed by atoms with Gasteiger partial charge in [0, 0.05) is 0 Å². The molecule has 0 heterocycles. The van der Waals surface area contributed by atoms with Crippen molar-refractivity contribution >= 4 is 5.97 Å². The van der Waals surface area contributed by atoms with Crippen LogP contribution < -0.4 is 0 Å². The zero-order valence-electron chi connectivity index (χ0n) is 6.58. The van der Waals surface area contributed by atoms with Gasteiger partial charge in [0.2, 0.25) is 0 Å². The molecule has 2 aliphatic carbocycles. The van der Waals surface area contributed by atoms with Gasteiger partial charge in [-0.2, -0.15) is 0 Å². The van der Waals surface area contributed by atoms with Gasteiger partial charge in [-0.1, -0.05) is 12.2 Å². The SMILES string of the molecule is CC1(C(=O)O)C[C@H]2C=C[C@H]2C1. The van der Waals surface area contributed by atoms with Crippen molar-refractivity contribution in [3.8, 4) is 0 Å². The number of fused-ring (bicyclic) bond motifs is 1. The van der Waals surface area contributed by atoms with Gasteiger partial charge in [0.25, 0.3) is 0 Å². The Kier molecular flexibility index (Phi) is 1.17. The lowest BCUT2D eigenvalue weighted by Gasteiger charge is -2.19. The van der Waals surface area contributed by atoms with E-state index in [4.69, 9.17) is 5.11 Å². The average Bonchev–Trinajstić information content (AvgIpc) is 2.13. The van der Waals surface area contributed by atoms with Crippen LogP contribution in [0.15, 0.2) is 12.2 Å². The van der Waals surface area contributed by atoms with Crippen LogP contribution in [-0.4, -0.2) is 11.1 Å². The first-order valence-electron chi connectivity index (χ1n) is 4.03. The normalized spacial score (nSPS) is 46.6. The lowest BCUT2D eigenvalue weighted by atomic mass is 9.86. The molecule has 2 rings (SSSR count). The van der Waals surface area contributed by atoms with E-state index in [-0.39, 0.29) is 0 Å². The number of hydrogen-bond acceptors (Lipinski definition) is 1. The summed E-state index contributed by atoms with van der Waals surface area (Å²) in [5.74, 6) is 0.501. The Bertz CT molecular complexity index is 216. The van der Waals surface area contributed by atoms with Crippen molar-refractivity contribution < 1.29 is 9.90 Å². The van der Waals surface area contributed by atoms with Crippen molar-refractivity contribution in [3.05, 3.63) is 12.2 Å². The molecular formula is C9H12O2. The summed E-state index contributed by atoms with van der Waals surface area (Å²) in [5.41, 5.74) is -0.446. The third-order valence-corrected chi connectivity index (χ3v) is 3.04. The summed E-state index contributed by atoms with van der Waals surface area (Å²) in [6.45, 7) is 1.86. The first-order valence-corrected chi connectivity index (χ1v) is 4.03. The highest BCUT2D eigenvalue weighted by atomic mass is 16.4. The predicted molar refractivity (Wildman–Crippen MR) is 41.1 cm³/mol. The second-order valence-electron chi connectivity index (χ2n) is 3.99. The van der Waals surface area contributed by atoms with E-state index in [2.05, 4.69) is 12.2 Å². The molecule has 11 heavy (non-hydrogen) atoms. The van der Waals surface area contributed by atoms with E-state index < -0.39 is 11.4 Å². The van der Waals surface area contributed by atoms with Crippen LogP contribution in [0.2, 0.25) is 0 Å². The Morgan fingerprint density at radius 1 is 1.45 bits per heavy atom. The smallest absolute Gasteiger partial charge is 0.309 e. The third kappa shape index (κ3) is 0.817. The van der Waals surface area contributed by atoms with Gasteiger partial charge in [0.05, 0.1) is 5.41 Å². The Morgan fingerprint density at radius 3 is 2.18 bits per heavy atom. The highest BCUT2D eigenvalue weighted by Gasteiger charge is 2.47. The van der Waals surface area contributed by atoms with Crippen molar-refractivity contribution in [2.24, 2.45) is 17.3 Å². The maximum atomic E-state index is 10.8. The minimum atomic E-state index is -0.631. The van der Waals surface area contributed by atoms with Crippen LogP contribution in [0.3, 0.4) is 0 Å². The largest absolute Gasteiger partial charge is 0.481 e. The minimum Gasteiger partial charge on any atom is -0.481 e. The number of carboxylic acid groups (broad SMARTS) is 1. The van der Waals surface area contributed by atoms with E-state index in [0.717, 1.165) is 12.8 Å². The second-order valence-corrected chi connectivity index (χ2v) is 3.99. The maximum Gasteiger partial charge on any atom is 0.309 e. The van der Waals surface area contributed by atoms with Gasteiger partial charge in [-0.05, 0) is 31.6 Å². The van der Waals surface area contributed by atoms with Crippen molar-refractivity contribution in [1.29, 1.82) is 0 Å². The van der Waals surface area contributed by atoms with E-state index in [0.29, 0.717) is 11.8 Å². The lowest BCUT2D eigenvalue weighted by Crippen LogP contribution is -2.23. The fraction of sp³-hybridized carbons (Fsp3) is 0.667. The number of carbonyl (C=O) groups is 1. The molecule has 2 nitrogen and oxygen atoms in total. The molecule has 1 fully saturated rings. The number of rotatable bonds is 1. The highest BCUT2D eigenvalue weighted by molar-refractivity contribution is 5.75. The van der Waals surface area contributed by atoms with E-state index in [1.54, 1.807) is 0 Å². The quantitative estimate of drug-likeness (QED) is 0.580. The van der Waals surface area contributed by atoms with E-state index >= 15 is 0 Å². The van der Waals surface area contributed by atoms with Crippen LogP contribution >= 0.6 is 0 Å². The molecule has 2 aliphatic rings. The Hall–Kier alpha value is -0.790. The van der Waals surface area contributed by atoms with Crippen LogP contribution in [0.5, 0.6) is 0 Å². The molecule has 2 heteroatoms. The van der Waals surface area contributed by atoms with Gasteiger partial charge in [-0.25, -0.2) is 0 Å². The summed E-state index contributed by atoms with van der Waals surface area (Å²) in [5, 5.41) is 8.91. The van der Waals surface area contributed by atoms with Crippen molar-refractivity contribution in [1.82, 2.24) is 0 Å². The van der Waals surface area contributed by atoms with Crippen LogP contribution in [0.4, 0.5) is 0 Å². The minimum absolute atomic E-state index is 0.446. The average molecular weight is 152 g/mol. The highest BCUT2D eigenvalue weighted by Crippen LogP contribution is 2.50. The van der Waals surface area contributed by atoms with Gasteiger partial charge in [0.15, 0.2) is 0 Å². The van der Waals surface area contributed by atoms with Crippen molar-refractivity contribution in [2.75, 3.05) is 0 Å². The fourth-order valence-electron chi connectivity index (χ4n) is 2.16. The summed E-state index contributed by atoms with van der Waals surface area (Å²) in [6.07, 6.45) is 5.95. The monoisotopic (exact) mass is 152 g/mol. The Balaban J connectivity index is 2.16. The number of hydrogen-bond donors (Lipinski definition) is 1. The van der Waals surface area contributed by atoms with Gasteiger partial charge in [-0.15, -0.1) is 0 Å². The molecule has 0 spiro atoms. The zero-order valence-corrected chi connectivity index (χ0v) is 6.58. The molecule has 0 aromatic heterocycles. The van der Waals surface area contributed by atoms with Gasteiger partial charge in [0.1, 0.15) is 0 Å². The first-order chi connectivity index (χ1) is 5.12. The summed E-state index contributed by atoms with van der Waals surface area (Å²) in [7, 11) is 0. The number of allylic oxidation sites excluding steroid dienone is 2. The molecule has 3 atom stereocenters. The first kappa shape index (κ1) is 6.89. The molecule has 0 aromatic rings. The predicted octanol–water partition coefficient (Wildman–Crippen LogP) is 1.67. The van der Waals surface area contributed by atoms with Crippen LogP contribution in [-0.2, 0) is 4.79 Å². The number of carboxylic acids is 1. The molecule has 0 amide bonds. The maximum absolute atomic E-state index is 10.8. The van der Waals surface area contributed by atoms with Crippen LogP contribution in [0.1, 0.15) is 19.8 Å². The van der Waals surface area contributed by atoms with Gasteiger partial charge in [-0.3, -0.25) is 4.79 Å². The number of aliphatic carboxylic acids is 1. The van der Waals surface area contributed by atoms with Crippen LogP contribution in [0, 0.1) is 17.3 Å². The van der Waals surface area contributed by atoms with E-state index in [1.807, 2.05) is 6.92 Å². The second kappa shape index (κ2) is 1.87. The molecule has 0 bridgehead atoms. The van der Waals surface area contributed by atoms with Crippen LogP contribution in [0.25, 0.3) is 0 Å². The molecule has 60 valence electrons. The molecule has 1 N–H and O–H groups in total. The molecule has 0 aliphatic heterocycles. The molecule has 1 saturated carbocycles. The van der Waals surface area contributed by atoms with Gasteiger partial charge < -0.3 is 5.11 Å². The summed E-state index contributed by atoms with van der Waals surface area (Å²) in [4.78, 5) is 10.8. The van der Waals surface area contributed by atoms with Gasteiger partial charge >= 0.3 is 5.97 Å².